The molecular weight excluding hydrogens is 1020 g/mol. The summed E-state index contributed by atoms with van der Waals surface area (Å²) in [5, 5.41) is 31.5. The number of rotatable bonds is 53. The third-order valence-corrected chi connectivity index (χ3v) is 13.8. The molecule has 12 heteroatoms. The smallest absolute Gasteiger partial charge is 0.335 e. The minimum atomic E-state index is -1.93. The van der Waals surface area contributed by atoms with Crippen molar-refractivity contribution in [2.75, 3.05) is 13.2 Å². The van der Waals surface area contributed by atoms with Gasteiger partial charge in [0.15, 0.2) is 24.6 Å². The molecule has 1 aliphatic rings. The van der Waals surface area contributed by atoms with Crippen LogP contribution in [0.3, 0.4) is 0 Å². The Morgan fingerprint density at radius 3 is 1.23 bits per heavy atom. The van der Waals surface area contributed by atoms with E-state index in [2.05, 4.69) is 112 Å². The van der Waals surface area contributed by atoms with Crippen LogP contribution in [0.1, 0.15) is 252 Å². The van der Waals surface area contributed by atoms with Crippen molar-refractivity contribution in [2.45, 2.75) is 289 Å². The summed E-state index contributed by atoms with van der Waals surface area (Å²) in [6, 6.07) is 0. The highest BCUT2D eigenvalue weighted by molar-refractivity contribution is 5.74. The topological polar surface area (TPSA) is 175 Å². The summed E-state index contributed by atoms with van der Waals surface area (Å²) in [4.78, 5) is 51.2. The van der Waals surface area contributed by atoms with Crippen LogP contribution in [-0.4, -0.2) is 89.2 Å². The van der Waals surface area contributed by atoms with Gasteiger partial charge in [-0.3, -0.25) is 14.4 Å². The van der Waals surface area contributed by atoms with E-state index in [1.54, 1.807) is 0 Å². The average molecular weight is 1130 g/mol. The van der Waals surface area contributed by atoms with Crippen molar-refractivity contribution in [3.05, 3.63) is 109 Å². The van der Waals surface area contributed by atoms with Crippen LogP contribution in [0.5, 0.6) is 0 Å². The minimum Gasteiger partial charge on any atom is -0.479 e. The number of esters is 3. The van der Waals surface area contributed by atoms with Crippen molar-refractivity contribution in [1.29, 1.82) is 0 Å². The quantitative estimate of drug-likeness (QED) is 0.0228. The second-order valence-electron chi connectivity index (χ2n) is 21.3. The number of hydrogen-bond donors (Lipinski definition) is 3. The van der Waals surface area contributed by atoms with Crippen LogP contribution in [0.25, 0.3) is 0 Å². The fourth-order valence-electron chi connectivity index (χ4n) is 8.95. The number of unbranched alkanes of at least 4 members (excludes halogenated alkanes) is 21. The molecule has 0 aromatic rings. The van der Waals surface area contributed by atoms with E-state index in [9.17, 15) is 34.5 Å². The van der Waals surface area contributed by atoms with Crippen molar-refractivity contribution >= 4 is 23.9 Å². The van der Waals surface area contributed by atoms with Gasteiger partial charge in [-0.1, -0.05) is 226 Å². The predicted octanol–water partition coefficient (Wildman–Crippen LogP) is 17.0. The van der Waals surface area contributed by atoms with E-state index >= 15 is 0 Å². The summed E-state index contributed by atoms with van der Waals surface area (Å²) in [6.07, 6.45) is 63.5. The summed E-state index contributed by atoms with van der Waals surface area (Å²) in [7, 11) is 0. The largest absolute Gasteiger partial charge is 0.479 e. The number of hydrogen-bond acceptors (Lipinski definition) is 11. The predicted molar refractivity (Wildman–Crippen MR) is 330 cm³/mol. The zero-order chi connectivity index (χ0) is 58.9. The first-order valence-corrected chi connectivity index (χ1v) is 31.9. The number of aliphatic hydroxyl groups excluding tert-OH is 2. The van der Waals surface area contributed by atoms with Crippen LogP contribution in [0.2, 0.25) is 0 Å². The van der Waals surface area contributed by atoms with Gasteiger partial charge < -0.3 is 39.0 Å². The van der Waals surface area contributed by atoms with Crippen molar-refractivity contribution < 1.29 is 58.2 Å². The molecule has 81 heavy (non-hydrogen) atoms. The van der Waals surface area contributed by atoms with Crippen LogP contribution < -0.4 is 0 Å². The average Bonchev–Trinajstić information content (AvgIpc) is 3.54. The summed E-state index contributed by atoms with van der Waals surface area (Å²) < 4.78 is 28.4. The van der Waals surface area contributed by atoms with Crippen LogP contribution in [0.15, 0.2) is 109 Å². The van der Waals surface area contributed by atoms with E-state index in [4.69, 9.17) is 23.7 Å². The van der Waals surface area contributed by atoms with Gasteiger partial charge in [-0.2, -0.15) is 0 Å². The van der Waals surface area contributed by atoms with Crippen molar-refractivity contribution in [2.24, 2.45) is 0 Å². The van der Waals surface area contributed by atoms with Crippen molar-refractivity contribution in [1.82, 2.24) is 0 Å². The third-order valence-electron chi connectivity index (χ3n) is 13.8. The van der Waals surface area contributed by atoms with E-state index < -0.39 is 67.3 Å². The van der Waals surface area contributed by atoms with Crippen LogP contribution >= 0.6 is 0 Å². The second-order valence-corrected chi connectivity index (χ2v) is 21.3. The number of carboxylic acid groups (broad SMARTS) is 1. The maximum atomic E-state index is 13.2. The molecule has 12 nitrogen and oxygen atoms in total. The van der Waals surface area contributed by atoms with Gasteiger partial charge in [-0.25, -0.2) is 4.79 Å². The molecule has 0 amide bonds. The molecule has 1 saturated heterocycles. The lowest BCUT2D eigenvalue weighted by atomic mass is 9.98. The Hall–Kier alpha value is -4.62. The van der Waals surface area contributed by atoms with Crippen LogP contribution in [0, 0.1) is 0 Å². The maximum Gasteiger partial charge on any atom is 0.335 e. The SMILES string of the molecule is CC/C=C\C/C=C\C/C=C\C/C=C\CCC(=O)OC1C(OCC(COC(=O)CCCCCCCC/C=C\C/C=C\C/C=C\CCCCC)OC(=O)CCCCCCCCCCC/C=C\C/C=C\CCCCC)OC(C(=O)O)C(O)C1O. The highest BCUT2D eigenvalue weighted by atomic mass is 16.7. The number of carbonyl (C=O) groups is 4. The molecular formula is C69H112O12. The Morgan fingerprint density at radius 1 is 0.420 bits per heavy atom. The Bertz CT molecular complexity index is 1820. The van der Waals surface area contributed by atoms with Crippen molar-refractivity contribution in [3.8, 4) is 0 Å². The molecule has 0 radical (unpaired) electrons. The molecule has 0 aromatic carbocycles. The zero-order valence-electron chi connectivity index (χ0n) is 50.7. The highest BCUT2D eigenvalue weighted by Crippen LogP contribution is 2.26. The fourth-order valence-corrected chi connectivity index (χ4v) is 8.95. The molecule has 1 fully saturated rings. The number of aliphatic hydroxyl groups is 2. The lowest BCUT2D eigenvalue weighted by Gasteiger charge is -2.40. The summed E-state index contributed by atoms with van der Waals surface area (Å²) >= 11 is 0. The van der Waals surface area contributed by atoms with Gasteiger partial charge >= 0.3 is 23.9 Å². The Kier molecular flexibility index (Phi) is 51.3. The minimum absolute atomic E-state index is 0.0669. The van der Waals surface area contributed by atoms with Crippen LogP contribution in [0.4, 0.5) is 0 Å². The molecule has 3 N–H and O–H groups in total. The Morgan fingerprint density at radius 2 is 0.802 bits per heavy atom. The van der Waals surface area contributed by atoms with Crippen LogP contribution in [-0.2, 0) is 42.9 Å². The maximum absolute atomic E-state index is 13.2. The molecule has 0 bridgehead atoms. The van der Waals surface area contributed by atoms with E-state index in [-0.39, 0.29) is 25.9 Å². The van der Waals surface area contributed by atoms with Gasteiger partial charge in [0.25, 0.3) is 0 Å². The van der Waals surface area contributed by atoms with Gasteiger partial charge in [-0.05, 0) is 116 Å². The number of carbonyl (C=O) groups excluding carboxylic acids is 3. The lowest BCUT2D eigenvalue weighted by Crippen LogP contribution is -2.61. The molecule has 0 aliphatic carbocycles. The molecule has 6 unspecified atom stereocenters. The molecule has 460 valence electrons. The molecule has 1 heterocycles. The zero-order valence-corrected chi connectivity index (χ0v) is 50.7. The van der Waals surface area contributed by atoms with E-state index in [1.165, 1.54) is 77.0 Å². The number of ether oxygens (including phenoxy) is 5. The molecule has 1 rings (SSSR count). The van der Waals surface area contributed by atoms with Gasteiger partial charge in [0, 0.05) is 19.3 Å². The van der Waals surface area contributed by atoms with Crippen molar-refractivity contribution in [3.63, 3.8) is 0 Å². The van der Waals surface area contributed by atoms with Gasteiger partial charge in [0.2, 0.25) is 0 Å². The number of aliphatic carboxylic acids is 1. The standard InChI is InChI=1S/C69H112O12/c1-4-7-10-13-16-19-22-25-27-29-31-33-35-38-40-43-46-49-52-55-61(70)77-58-60(79-62(71)56-53-50-47-44-42-39-36-34-32-30-28-26-23-20-17-14-11-8-5-2)59-78-69-67(65(74)64(73)66(81-69)68(75)76)80-63(72)57-54-51-48-45-41-37-24-21-18-15-12-9-6-3/h9,12,16-21,25-28,31,33,37,41,48,51,60,64-67,69,73-74H,4-8,10-11,13-15,22-24,29-30,32,34-36,38-40,42-47,49-50,52-59H2,1-3H3,(H,75,76)/b12-9-,19-16-,20-17-,21-18-,27-25-,28-26-,33-31-,41-37-,51-48-. The van der Waals surface area contributed by atoms with E-state index in [0.29, 0.717) is 25.7 Å². The van der Waals surface area contributed by atoms with Gasteiger partial charge in [0.05, 0.1) is 6.61 Å². The molecule has 1 aliphatic heterocycles. The normalized spacial score (nSPS) is 18.5. The highest BCUT2D eigenvalue weighted by Gasteiger charge is 2.50. The third kappa shape index (κ3) is 45.6. The molecule has 0 spiro atoms. The fraction of sp³-hybridized carbons (Fsp3) is 0.681. The van der Waals surface area contributed by atoms with Gasteiger partial charge in [0.1, 0.15) is 18.8 Å². The molecule has 0 saturated carbocycles. The second kappa shape index (κ2) is 55.9. The van der Waals surface area contributed by atoms with Gasteiger partial charge in [-0.15, -0.1) is 0 Å². The monoisotopic (exact) mass is 1130 g/mol. The molecule has 0 aromatic heterocycles. The first-order valence-electron chi connectivity index (χ1n) is 31.9. The first kappa shape index (κ1) is 74.4. The lowest BCUT2D eigenvalue weighted by molar-refractivity contribution is -0.301. The summed E-state index contributed by atoms with van der Waals surface area (Å²) in [6.45, 7) is 5.78. The van der Waals surface area contributed by atoms with E-state index in [0.717, 1.165) is 109 Å². The Balaban J connectivity index is 2.70. The first-order chi connectivity index (χ1) is 39.6. The summed E-state index contributed by atoms with van der Waals surface area (Å²) in [5.41, 5.74) is 0. The number of allylic oxidation sites excluding steroid dienone is 18. The van der Waals surface area contributed by atoms with E-state index in [1.807, 2.05) is 18.2 Å². The Labute approximate surface area is 491 Å². The summed E-state index contributed by atoms with van der Waals surface area (Å²) in [5.74, 6) is -3.25. The molecule has 6 atom stereocenters. The number of carboxylic acids is 1.